The van der Waals surface area contributed by atoms with Gasteiger partial charge in [0.05, 0.1) is 11.0 Å². The second-order valence-electron chi connectivity index (χ2n) is 4.49. The van der Waals surface area contributed by atoms with E-state index >= 15 is 0 Å². The van der Waals surface area contributed by atoms with E-state index in [4.69, 9.17) is 0 Å². The van der Waals surface area contributed by atoms with Crippen molar-refractivity contribution in [2.45, 2.75) is 24.8 Å². The topological polar surface area (TPSA) is 66.4 Å². The zero-order valence-corrected chi connectivity index (χ0v) is 11.2. The molecule has 17 heavy (non-hydrogen) atoms. The average molecular weight is 257 g/mol. The van der Waals surface area contributed by atoms with Gasteiger partial charge in [-0.2, -0.15) is 0 Å². The highest BCUT2D eigenvalue weighted by Gasteiger charge is 2.09. The van der Waals surface area contributed by atoms with Gasteiger partial charge in [0.2, 0.25) is 0 Å². The third-order valence-electron chi connectivity index (χ3n) is 2.57. The van der Waals surface area contributed by atoms with Crippen molar-refractivity contribution in [3.63, 3.8) is 0 Å². The second kappa shape index (κ2) is 5.51. The summed E-state index contributed by atoms with van der Waals surface area (Å²) in [5.41, 5.74) is 0.803. The molecule has 96 valence electrons. The SMILES string of the molecule is CC(C)C(O)CNc1ccc(S(C)(=O)=O)cc1. The lowest BCUT2D eigenvalue weighted by Crippen LogP contribution is -2.24. The van der Waals surface area contributed by atoms with E-state index < -0.39 is 15.9 Å². The molecule has 1 aromatic rings. The summed E-state index contributed by atoms with van der Waals surface area (Å²) in [6.07, 6.45) is 0.766. The molecule has 0 aliphatic carbocycles. The van der Waals surface area contributed by atoms with Gasteiger partial charge in [0, 0.05) is 18.5 Å². The molecule has 0 heterocycles. The van der Waals surface area contributed by atoms with Crippen LogP contribution in [0.15, 0.2) is 29.2 Å². The maximum Gasteiger partial charge on any atom is 0.175 e. The first-order valence-electron chi connectivity index (χ1n) is 5.53. The van der Waals surface area contributed by atoms with Gasteiger partial charge < -0.3 is 10.4 Å². The lowest BCUT2D eigenvalue weighted by atomic mass is 10.1. The Kier molecular flexibility index (Phi) is 4.54. The van der Waals surface area contributed by atoms with Gasteiger partial charge in [-0.15, -0.1) is 0 Å². The van der Waals surface area contributed by atoms with Crippen LogP contribution in [-0.4, -0.2) is 32.4 Å². The smallest absolute Gasteiger partial charge is 0.175 e. The van der Waals surface area contributed by atoms with E-state index in [-0.39, 0.29) is 5.92 Å². The minimum Gasteiger partial charge on any atom is -0.391 e. The van der Waals surface area contributed by atoms with E-state index in [9.17, 15) is 13.5 Å². The molecule has 0 aliphatic rings. The molecule has 0 spiro atoms. The number of sulfone groups is 1. The standard InChI is InChI=1S/C12H19NO3S/c1-9(2)12(14)8-13-10-4-6-11(7-5-10)17(3,15)16/h4-7,9,12-14H,8H2,1-3H3. The number of hydrogen-bond acceptors (Lipinski definition) is 4. The first-order chi connectivity index (χ1) is 7.80. The highest BCUT2D eigenvalue weighted by atomic mass is 32.2. The van der Waals surface area contributed by atoms with E-state index in [0.29, 0.717) is 11.4 Å². The molecule has 0 radical (unpaired) electrons. The van der Waals surface area contributed by atoms with E-state index in [1.807, 2.05) is 13.8 Å². The Balaban J connectivity index is 2.64. The van der Waals surface area contributed by atoms with Crippen molar-refractivity contribution in [3.05, 3.63) is 24.3 Å². The van der Waals surface area contributed by atoms with Crippen molar-refractivity contribution in [1.82, 2.24) is 0 Å². The van der Waals surface area contributed by atoms with Crippen molar-refractivity contribution in [2.75, 3.05) is 18.1 Å². The first kappa shape index (κ1) is 14.0. The second-order valence-corrected chi connectivity index (χ2v) is 6.50. The Bertz CT molecular complexity index is 451. The third-order valence-corrected chi connectivity index (χ3v) is 3.70. The molecule has 1 rings (SSSR count). The van der Waals surface area contributed by atoms with Crippen molar-refractivity contribution < 1.29 is 13.5 Å². The molecule has 0 aliphatic heterocycles. The number of hydrogen-bond donors (Lipinski definition) is 2. The Morgan fingerprint density at radius 2 is 1.76 bits per heavy atom. The zero-order chi connectivity index (χ0) is 13.1. The van der Waals surface area contributed by atoms with Gasteiger partial charge in [0.25, 0.3) is 0 Å². The molecule has 0 fully saturated rings. The average Bonchev–Trinajstić information content (AvgIpc) is 2.25. The minimum atomic E-state index is -3.14. The molecule has 0 amide bonds. The number of aliphatic hydroxyl groups is 1. The fraction of sp³-hybridized carbons (Fsp3) is 0.500. The summed E-state index contributed by atoms with van der Waals surface area (Å²) < 4.78 is 22.5. The van der Waals surface area contributed by atoms with Gasteiger partial charge in [-0.25, -0.2) is 8.42 Å². The molecule has 1 aromatic carbocycles. The van der Waals surface area contributed by atoms with Crippen molar-refractivity contribution >= 4 is 15.5 Å². The van der Waals surface area contributed by atoms with Crippen molar-refractivity contribution in [1.29, 1.82) is 0 Å². The molecule has 2 N–H and O–H groups in total. The first-order valence-corrected chi connectivity index (χ1v) is 7.42. The van der Waals surface area contributed by atoms with Crippen LogP contribution in [0.25, 0.3) is 0 Å². The maximum absolute atomic E-state index is 11.2. The summed E-state index contributed by atoms with van der Waals surface area (Å²) >= 11 is 0. The predicted molar refractivity (Wildman–Crippen MR) is 68.9 cm³/mol. The van der Waals surface area contributed by atoms with Gasteiger partial charge in [-0.3, -0.25) is 0 Å². The molecule has 1 atom stereocenters. The maximum atomic E-state index is 11.2. The molecule has 0 aromatic heterocycles. The molecule has 1 unspecified atom stereocenters. The fourth-order valence-corrected chi connectivity index (χ4v) is 1.91. The van der Waals surface area contributed by atoms with Gasteiger partial charge in [0.15, 0.2) is 9.84 Å². The van der Waals surface area contributed by atoms with Gasteiger partial charge >= 0.3 is 0 Å². The van der Waals surface area contributed by atoms with Gasteiger partial charge in [0.1, 0.15) is 0 Å². The molecule has 4 nitrogen and oxygen atoms in total. The monoisotopic (exact) mass is 257 g/mol. The molecule has 5 heteroatoms. The summed E-state index contributed by atoms with van der Waals surface area (Å²) in [7, 11) is -3.14. The quantitative estimate of drug-likeness (QED) is 0.839. The van der Waals surface area contributed by atoms with Gasteiger partial charge in [-0.05, 0) is 30.2 Å². The number of rotatable bonds is 5. The Morgan fingerprint density at radius 3 is 2.18 bits per heavy atom. The number of aliphatic hydroxyl groups excluding tert-OH is 1. The van der Waals surface area contributed by atoms with Crippen LogP contribution in [0.1, 0.15) is 13.8 Å². The summed E-state index contributed by atoms with van der Waals surface area (Å²) in [6.45, 7) is 4.34. The Labute approximate surface area is 103 Å². The highest BCUT2D eigenvalue weighted by Crippen LogP contribution is 2.14. The van der Waals surface area contributed by atoms with Crippen LogP contribution in [0, 0.1) is 5.92 Å². The lowest BCUT2D eigenvalue weighted by molar-refractivity contribution is 0.138. The van der Waals surface area contributed by atoms with Crippen LogP contribution >= 0.6 is 0 Å². The van der Waals surface area contributed by atoms with E-state index in [0.717, 1.165) is 5.69 Å². The van der Waals surface area contributed by atoms with Crippen molar-refractivity contribution in [2.24, 2.45) is 5.92 Å². The normalized spacial score (nSPS) is 13.7. The molecule has 0 saturated carbocycles. The molecular formula is C12H19NO3S. The summed E-state index contributed by atoms with van der Waals surface area (Å²) in [5.74, 6) is 0.192. The van der Waals surface area contributed by atoms with Crippen LogP contribution in [0.3, 0.4) is 0 Å². The van der Waals surface area contributed by atoms with Crippen LogP contribution in [-0.2, 0) is 9.84 Å². The van der Waals surface area contributed by atoms with E-state index in [2.05, 4.69) is 5.32 Å². The Morgan fingerprint density at radius 1 is 1.24 bits per heavy atom. The number of nitrogens with one attached hydrogen (secondary N) is 1. The highest BCUT2D eigenvalue weighted by molar-refractivity contribution is 7.90. The summed E-state index contributed by atoms with van der Waals surface area (Å²) in [4.78, 5) is 0.299. The van der Waals surface area contributed by atoms with E-state index in [1.165, 1.54) is 6.26 Å². The largest absolute Gasteiger partial charge is 0.391 e. The minimum absolute atomic E-state index is 0.192. The molecule has 0 bridgehead atoms. The Hall–Kier alpha value is -1.07. The van der Waals surface area contributed by atoms with Crippen LogP contribution in [0.2, 0.25) is 0 Å². The molecular weight excluding hydrogens is 238 g/mol. The fourth-order valence-electron chi connectivity index (χ4n) is 1.28. The van der Waals surface area contributed by atoms with Crippen LogP contribution in [0.5, 0.6) is 0 Å². The molecule has 0 saturated heterocycles. The zero-order valence-electron chi connectivity index (χ0n) is 10.3. The van der Waals surface area contributed by atoms with Crippen LogP contribution in [0.4, 0.5) is 5.69 Å². The summed E-state index contributed by atoms with van der Waals surface area (Å²) in [6, 6.07) is 6.51. The predicted octanol–water partition coefficient (Wildman–Crippen LogP) is 1.52. The van der Waals surface area contributed by atoms with Crippen LogP contribution < -0.4 is 5.32 Å². The third kappa shape index (κ3) is 4.36. The van der Waals surface area contributed by atoms with Gasteiger partial charge in [-0.1, -0.05) is 13.8 Å². The summed E-state index contributed by atoms with van der Waals surface area (Å²) in [5, 5.41) is 12.7. The lowest BCUT2D eigenvalue weighted by Gasteiger charge is -2.15. The van der Waals surface area contributed by atoms with Crippen molar-refractivity contribution in [3.8, 4) is 0 Å². The number of anilines is 1. The number of benzene rings is 1. The van der Waals surface area contributed by atoms with E-state index in [1.54, 1.807) is 24.3 Å².